The molecule has 6 nitrogen and oxygen atoms in total. The van der Waals surface area contributed by atoms with Crippen molar-refractivity contribution in [3.63, 3.8) is 0 Å². The van der Waals surface area contributed by atoms with Gasteiger partial charge < -0.3 is 10.2 Å². The highest BCUT2D eigenvalue weighted by Crippen LogP contribution is 2.30. The van der Waals surface area contributed by atoms with Crippen molar-refractivity contribution in [1.82, 2.24) is 15.1 Å². The molecule has 1 atom stereocenters. The highest BCUT2D eigenvalue weighted by molar-refractivity contribution is 6.30. The van der Waals surface area contributed by atoms with Gasteiger partial charge >= 0.3 is 6.03 Å². The molecule has 1 aliphatic heterocycles. The molecular weight excluding hydrogens is 366 g/mol. The lowest BCUT2D eigenvalue weighted by Gasteiger charge is -2.22. The van der Waals surface area contributed by atoms with Crippen LogP contribution in [0.5, 0.6) is 0 Å². The van der Waals surface area contributed by atoms with Crippen LogP contribution in [0, 0.1) is 0 Å². The summed E-state index contributed by atoms with van der Waals surface area (Å²) in [4.78, 5) is 40.0. The summed E-state index contributed by atoms with van der Waals surface area (Å²) < 4.78 is 0. The Morgan fingerprint density at radius 2 is 1.67 bits per heavy atom. The monoisotopic (exact) mass is 385 g/mol. The Morgan fingerprint density at radius 3 is 2.22 bits per heavy atom. The van der Waals surface area contributed by atoms with Gasteiger partial charge in [-0.1, -0.05) is 35.9 Å². The number of nitrogens with one attached hydrogen (secondary N) is 1. The van der Waals surface area contributed by atoms with Crippen LogP contribution in [0.3, 0.4) is 0 Å². The lowest BCUT2D eigenvalue weighted by atomic mass is 9.92. The summed E-state index contributed by atoms with van der Waals surface area (Å²) in [6, 6.07) is 13.2. The summed E-state index contributed by atoms with van der Waals surface area (Å²) in [5.41, 5.74) is 0.837. The molecular formula is C20H20ClN3O3. The van der Waals surface area contributed by atoms with E-state index in [0.29, 0.717) is 16.1 Å². The number of carbonyl (C=O) groups excluding carboxylic acids is 3. The normalized spacial score (nSPS) is 19.2. The first-order valence-corrected chi connectivity index (χ1v) is 8.81. The molecule has 1 aliphatic rings. The second-order valence-electron chi connectivity index (χ2n) is 6.85. The van der Waals surface area contributed by atoms with E-state index in [9.17, 15) is 14.4 Å². The van der Waals surface area contributed by atoms with Gasteiger partial charge in [0.25, 0.3) is 11.8 Å². The Bertz CT molecular complexity index is 894. The van der Waals surface area contributed by atoms with Crippen LogP contribution in [0.15, 0.2) is 48.5 Å². The second kappa shape index (κ2) is 7.04. The molecule has 0 bridgehead atoms. The largest absolute Gasteiger partial charge is 0.345 e. The van der Waals surface area contributed by atoms with Crippen LogP contribution in [0.25, 0.3) is 0 Å². The fraction of sp³-hybridized carbons (Fsp3) is 0.250. The smallest absolute Gasteiger partial charge is 0.325 e. The molecule has 0 spiro atoms. The van der Waals surface area contributed by atoms with Crippen LogP contribution >= 0.6 is 11.6 Å². The molecule has 0 aromatic heterocycles. The first kappa shape index (κ1) is 18.9. The number of nitrogens with zero attached hydrogens (tertiary/aromatic N) is 2. The van der Waals surface area contributed by atoms with Crippen LogP contribution in [-0.4, -0.2) is 41.7 Å². The summed E-state index contributed by atoms with van der Waals surface area (Å²) in [7, 11) is 3.36. The van der Waals surface area contributed by atoms with Gasteiger partial charge in [-0.2, -0.15) is 0 Å². The zero-order valence-corrected chi connectivity index (χ0v) is 16.1. The lowest BCUT2D eigenvalue weighted by molar-refractivity contribution is -0.131. The molecule has 2 aromatic carbocycles. The van der Waals surface area contributed by atoms with Crippen LogP contribution in [0.1, 0.15) is 28.4 Å². The van der Waals surface area contributed by atoms with Crippen LogP contribution in [0.2, 0.25) is 5.02 Å². The van der Waals surface area contributed by atoms with Crippen molar-refractivity contribution in [1.29, 1.82) is 0 Å². The van der Waals surface area contributed by atoms with E-state index >= 15 is 0 Å². The maximum atomic E-state index is 12.9. The quantitative estimate of drug-likeness (QED) is 0.822. The lowest BCUT2D eigenvalue weighted by Crippen LogP contribution is -2.40. The average molecular weight is 386 g/mol. The zero-order chi connectivity index (χ0) is 19.8. The molecule has 1 saturated heterocycles. The van der Waals surface area contributed by atoms with Crippen molar-refractivity contribution < 1.29 is 14.4 Å². The number of urea groups is 1. The van der Waals surface area contributed by atoms with Gasteiger partial charge in [0.1, 0.15) is 5.54 Å². The highest BCUT2D eigenvalue weighted by Gasteiger charge is 2.48. The summed E-state index contributed by atoms with van der Waals surface area (Å²) in [6.45, 7) is 1.81. The molecule has 140 valence electrons. The number of rotatable bonds is 4. The van der Waals surface area contributed by atoms with E-state index in [1.807, 2.05) is 0 Å². The number of halogens is 1. The third-order valence-corrected chi connectivity index (χ3v) is 4.90. The average Bonchev–Trinajstić information content (AvgIpc) is 2.86. The molecule has 1 N–H and O–H groups in total. The van der Waals surface area contributed by atoms with E-state index in [1.54, 1.807) is 69.6 Å². The SMILES string of the molecule is CN(C)C(=O)c1ccc(CN2C(=O)NC(C)(c3ccc(Cl)cc3)C2=O)cc1. The Morgan fingerprint density at radius 1 is 1.07 bits per heavy atom. The number of hydrogen-bond donors (Lipinski definition) is 1. The molecule has 1 fully saturated rings. The molecule has 1 unspecified atom stereocenters. The summed E-state index contributed by atoms with van der Waals surface area (Å²) >= 11 is 5.91. The van der Waals surface area contributed by atoms with Gasteiger partial charge in [0, 0.05) is 24.7 Å². The summed E-state index contributed by atoms with van der Waals surface area (Å²) in [5.74, 6) is -0.435. The van der Waals surface area contributed by atoms with E-state index in [-0.39, 0.29) is 18.4 Å². The number of imide groups is 1. The molecule has 4 amide bonds. The molecule has 27 heavy (non-hydrogen) atoms. The Labute approximate surface area is 162 Å². The molecule has 2 aromatic rings. The van der Waals surface area contributed by atoms with Gasteiger partial charge in [0.15, 0.2) is 0 Å². The van der Waals surface area contributed by atoms with Gasteiger partial charge in [-0.15, -0.1) is 0 Å². The van der Waals surface area contributed by atoms with Crippen molar-refractivity contribution in [2.45, 2.75) is 19.0 Å². The van der Waals surface area contributed by atoms with E-state index in [4.69, 9.17) is 11.6 Å². The van der Waals surface area contributed by atoms with Gasteiger partial charge in [0.2, 0.25) is 0 Å². The Kier molecular flexibility index (Phi) is 4.93. The van der Waals surface area contributed by atoms with Gasteiger partial charge in [-0.3, -0.25) is 14.5 Å². The van der Waals surface area contributed by atoms with Crippen LogP contribution < -0.4 is 5.32 Å². The zero-order valence-electron chi connectivity index (χ0n) is 15.3. The maximum Gasteiger partial charge on any atom is 0.325 e. The fourth-order valence-electron chi connectivity index (χ4n) is 3.01. The number of hydrogen-bond acceptors (Lipinski definition) is 3. The summed E-state index contributed by atoms with van der Waals surface area (Å²) in [5, 5.41) is 3.32. The third-order valence-electron chi connectivity index (χ3n) is 4.64. The first-order chi connectivity index (χ1) is 12.7. The summed E-state index contributed by atoms with van der Waals surface area (Å²) in [6.07, 6.45) is 0. The topological polar surface area (TPSA) is 69.7 Å². The van der Waals surface area contributed by atoms with Crippen molar-refractivity contribution in [2.75, 3.05) is 14.1 Å². The standard InChI is InChI=1S/C20H20ClN3O3/c1-20(15-8-10-16(21)11-9-15)18(26)24(19(27)22-20)12-13-4-6-14(7-5-13)17(25)23(2)3/h4-11H,12H2,1-3H3,(H,22,27). The molecule has 0 saturated carbocycles. The van der Waals surface area contributed by atoms with Crippen molar-refractivity contribution in [3.8, 4) is 0 Å². The Hall–Kier alpha value is -2.86. The van der Waals surface area contributed by atoms with E-state index in [0.717, 1.165) is 5.56 Å². The van der Waals surface area contributed by atoms with Crippen molar-refractivity contribution in [3.05, 3.63) is 70.2 Å². The molecule has 3 rings (SSSR count). The molecule has 0 radical (unpaired) electrons. The number of carbonyl (C=O) groups is 3. The minimum absolute atomic E-state index is 0.105. The molecule has 7 heteroatoms. The van der Waals surface area contributed by atoms with Crippen molar-refractivity contribution >= 4 is 29.4 Å². The minimum Gasteiger partial charge on any atom is -0.345 e. The van der Waals surface area contributed by atoms with Gasteiger partial charge in [-0.05, 0) is 42.3 Å². The van der Waals surface area contributed by atoms with Gasteiger partial charge in [0.05, 0.1) is 6.54 Å². The predicted molar refractivity (Wildman–Crippen MR) is 102 cm³/mol. The second-order valence-corrected chi connectivity index (χ2v) is 7.29. The number of benzene rings is 2. The Balaban J connectivity index is 1.80. The first-order valence-electron chi connectivity index (χ1n) is 8.43. The maximum absolute atomic E-state index is 12.9. The van der Waals surface area contributed by atoms with E-state index in [2.05, 4.69) is 5.32 Å². The highest BCUT2D eigenvalue weighted by atomic mass is 35.5. The van der Waals surface area contributed by atoms with Gasteiger partial charge in [-0.25, -0.2) is 4.79 Å². The molecule has 0 aliphatic carbocycles. The van der Waals surface area contributed by atoms with Crippen molar-refractivity contribution in [2.24, 2.45) is 0 Å². The van der Waals surface area contributed by atoms with E-state index in [1.165, 1.54) is 9.80 Å². The fourth-order valence-corrected chi connectivity index (χ4v) is 3.14. The minimum atomic E-state index is -1.14. The van der Waals surface area contributed by atoms with E-state index < -0.39 is 11.6 Å². The third kappa shape index (κ3) is 3.53. The predicted octanol–water partition coefficient (Wildman–Crippen LogP) is 3.01. The van der Waals surface area contributed by atoms with Crippen LogP contribution in [-0.2, 0) is 16.9 Å². The number of amides is 4. The molecule has 1 heterocycles. The van der Waals surface area contributed by atoms with Crippen LogP contribution in [0.4, 0.5) is 4.79 Å².